The molecule has 0 fully saturated rings. The van der Waals surface area contributed by atoms with Crippen LogP contribution in [-0.2, 0) is 12.8 Å². The highest BCUT2D eigenvalue weighted by molar-refractivity contribution is 6.18. The summed E-state index contributed by atoms with van der Waals surface area (Å²) in [5.74, 6) is 0.909. The maximum Gasteiger partial charge on any atom is 0.253 e. The molecule has 0 saturated carbocycles. The number of rotatable bonds is 5. The Balaban J connectivity index is 2.16. The van der Waals surface area contributed by atoms with E-state index in [4.69, 9.17) is 23.2 Å². The highest BCUT2D eigenvalue weighted by Gasteiger charge is 2.18. The van der Waals surface area contributed by atoms with Crippen LogP contribution in [0.25, 0.3) is 0 Å². The van der Waals surface area contributed by atoms with E-state index in [1.54, 1.807) is 4.90 Å². The predicted molar refractivity (Wildman–Crippen MR) is 75.8 cm³/mol. The number of amides is 1. The number of carbonyl (C=O) groups is 1. The number of alkyl halides is 2. The van der Waals surface area contributed by atoms with Gasteiger partial charge in [-0.2, -0.15) is 0 Å². The second-order valence-corrected chi connectivity index (χ2v) is 5.26. The van der Waals surface area contributed by atoms with Crippen LogP contribution in [0, 0.1) is 0 Å². The van der Waals surface area contributed by atoms with Crippen molar-refractivity contribution in [2.75, 3.05) is 24.8 Å². The van der Waals surface area contributed by atoms with Crippen LogP contribution in [0.1, 0.15) is 27.9 Å². The molecule has 1 aromatic carbocycles. The topological polar surface area (TPSA) is 20.3 Å². The number of nitrogens with zero attached hydrogens (tertiary/aromatic N) is 1. The Morgan fingerprint density at radius 3 is 2.44 bits per heavy atom. The zero-order chi connectivity index (χ0) is 13.0. The van der Waals surface area contributed by atoms with Crippen LogP contribution in [0.3, 0.4) is 0 Å². The summed E-state index contributed by atoms with van der Waals surface area (Å²) in [5.41, 5.74) is 3.45. The van der Waals surface area contributed by atoms with E-state index in [1.165, 1.54) is 17.5 Å². The predicted octanol–water partition coefficient (Wildman–Crippen LogP) is 3.10. The van der Waals surface area contributed by atoms with E-state index in [0.29, 0.717) is 24.8 Å². The molecule has 2 rings (SSSR count). The third-order valence-electron chi connectivity index (χ3n) is 3.34. The van der Waals surface area contributed by atoms with E-state index in [9.17, 15) is 4.79 Å². The fraction of sp³-hybridized carbons (Fsp3) is 0.500. The Kier molecular flexibility index (Phi) is 4.90. The first-order valence-electron chi connectivity index (χ1n) is 6.29. The lowest BCUT2D eigenvalue weighted by molar-refractivity contribution is 0.0775. The van der Waals surface area contributed by atoms with Crippen molar-refractivity contribution >= 4 is 29.1 Å². The van der Waals surface area contributed by atoms with Gasteiger partial charge in [0.15, 0.2) is 0 Å². The average molecular weight is 286 g/mol. The van der Waals surface area contributed by atoms with Gasteiger partial charge in [0, 0.05) is 30.4 Å². The van der Waals surface area contributed by atoms with Gasteiger partial charge in [-0.3, -0.25) is 4.79 Å². The normalized spacial score (nSPS) is 13.4. The van der Waals surface area contributed by atoms with E-state index in [-0.39, 0.29) is 5.91 Å². The number of hydrogen-bond acceptors (Lipinski definition) is 1. The second-order valence-electron chi connectivity index (χ2n) is 4.51. The number of aryl methyl sites for hydroxylation is 2. The SMILES string of the molecule is O=C(c1ccc2c(c1)CCC2)N(CCCl)CCCl. The van der Waals surface area contributed by atoms with Gasteiger partial charge in [-0.25, -0.2) is 0 Å². The number of benzene rings is 1. The zero-order valence-electron chi connectivity index (χ0n) is 10.3. The minimum Gasteiger partial charge on any atom is -0.336 e. The van der Waals surface area contributed by atoms with Gasteiger partial charge in [0.2, 0.25) is 0 Å². The highest BCUT2D eigenvalue weighted by Crippen LogP contribution is 2.23. The first kappa shape index (κ1) is 13.7. The van der Waals surface area contributed by atoms with Gasteiger partial charge >= 0.3 is 0 Å². The number of halogens is 2. The van der Waals surface area contributed by atoms with Crippen molar-refractivity contribution in [3.8, 4) is 0 Å². The smallest absolute Gasteiger partial charge is 0.253 e. The van der Waals surface area contributed by atoms with Crippen LogP contribution in [-0.4, -0.2) is 35.7 Å². The summed E-state index contributed by atoms with van der Waals surface area (Å²) in [5, 5.41) is 0. The Hall–Kier alpha value is -0.730. The quantitative estimate of drug-likeness (QED) is 0.762. The molecule has 0 aliphatic heterocycles. The molecule has 1 aliphatic carbocycles. The maximum atomic E-state index is 12.3. The largest absolute Gasteiger partial charge is 0.336 e. The molecule has 2 nitrogen and oxygen atoms in total. The van der Waals surface area contributed by atoms with E-state index >= 15 is 0 Å². The van der Waals surface area contributed by atoms with Crippen molar-refractivity contribution in [3.05, 3.63) is 34.9 Å². The molecule has 1 aromatic rings. The first-order chi connectivity index (χ1) is 8.76. The molecule has 0 spiro atoms. The van der Waals surface area contributed by atoms with Crippen molar-refractivity contribution in [2.24, 2.45) is 0 Å². The van der Waals surface area contributed by atoms with Crippen LogP contribution in [0.2, 0.25) is 0 Å². The summed E-state index contributed by atoms with van der Waals surface area (Å²) in [6, 6.07) is 6.03. The van der Waals surface area contributed by atoms with Gasteiger partial charge in [-0.05, 0) is 42.5 Å². The number of fused-ring (bicyclic) bond motifs is 1. The lowest BCUT2D eigenvalue weighted by Gasteiger charge is -2.20. The molecule has 0 aromatic heterocycles. The Morgan fingerprint density at radius 1 is 1.11 bits per heavy atom. The molecular formula is C14H17Cl2NO. The molecule has 98 valence electrons. The molecule has 0 atom stereocenters. The Morgan fingerprint density at radius 2 is 1.78 bits per heavy atom. The molecule has 18 heavy (non-hydrogen) atoms. The average Bonchev–Trinajstić information content (AvgIpc) is 2.84. The lowest BCUT2D eigenvalue weighted by atomic mass is 10.1. The van der Waals surface area contributed by atoms with Crippen molar-refractivity contribution in [2.45, 2.75) is 19.3 Å². The molecule has 1 amide bonds. The van der Waals surface area contributed by atoms with Crippen molar-refractivity contribution in [3.63, 3.8) is 0 Å². The van der Waals surface area contributed by atoms with E-state index in [0.717, 1.165) is 18.4 Å². The number of carbonyl (C=O) groups excluding carboxylic acids is 1. The molecular weight excluding hydrogens is 269 g/mol. The maximum absolute atomic E-state index is 12.3. The second kappa shape index (κ2) is 6.44. The molecule has 1 aliphatic rings. The Bertz CT molecular complexity index is 428. The molecule has 0 N–H and O–H groups in total. The van der Waals surface area contributed by atoms with Gasteiger partial charge in [0.1, 0.15) is 0 Å². The van der Waals surface area contributed by atoms with Gasteiger partial charge in [0.25, 0.3) is 5.91 Å². The minimum absolute atomic E-state index is 0.0333. The van der Waals surface area contributed by atoms with Crippen molar-refractivity contribution in [1.29, 1.82) is 0 Å². The summed E-state index contributed by atoms with van der Waals surface area (Å²) in [7, 11) is 0. The van der Waals surface area contributed by atoms with Gasteiger partial charge in [-0.15, -0.1) is 23.2 Å². The highest BCUT2D eigenvalue weighted by atomic mass is 35.5. The fourth-order valence-electron chi connectivity index (χ4n) is 2.41. The third kappa shape index (κ3) is 2.99. The first-order valence-corrected chi connectivity index (χ1v) is 7.36. The van der Waals surface area contributed by atoms with Crippen molar-refractivity contribution in [1.82, 2.24) is 4.90 Å². The van der Waals surface area contributed by atoms with E-state index in [2.05, 4.69) is 6.07 Å². The monoisotopic (exact) mass is 285 g/mol. The molecule has 0 heterocycles. The lowest BCUT2D eigenvalue weighted by Crippen LogP contribution is -2.34. The fourth-order valence-corrected chi connectivity index (χ4v) is 2.81. The van der Waals surface area contributed by atoms with Crippen molar-refractivity contribution < 1.29 is 4.79 Å². The molecule has 0 radical (unpaired) electrons. The summed E-state index contributed by atoms with van der Waals surface area (Å²) in [4.78, 5) is 14.1. The van der Waals surface area contributed by atoms with Gasteiger partial charge in [-0.1, -0.05) is 6.07 Å². The van der Waals surface area contributed by atoms with Crippen LogP contribution in [0.15, 0.2) is 18.2 Å². The molecule has 4 heteroatoms. The van der Waals surface area contributed by atoms with E-state index < -0.39 is 0 Å². The van der Waals surface area contributed by atoms with Gasteiger partial charge in [0.05, 0.1) is 0 Å². The van der Waals surface area contributed by atoms with Gasteiger partial charge < -0.3 is 4.90 Å². The van der Waals surface area contributed by atoms with Crippen LogP contribution in [0.5, 0.6) is 0 Å². The molecule has 0 bridgehead atoms. The molecule has 0 saturated heterocycles. The van der Waals surface area contributed by atoms with Crippen LogP contribution >= 0.6 is 23.2 Å². The summed E-state index contributed by atoms with van der Waals surface area (Å²) in [6.45, 7) is 1.09. The number of hydrogen-bond donors (Lipinski definition) is 0. The minimum atomic E-state index is 0.0333. The zero-order valence-corrected chi connectivity index (χ0v) is 11.8. The standard InChI is InChI=1S/C14H17Cl2NO/c15-6-8-17(9-7-16)14(18)13-5-4-11-2-1-3-12(11)10-13/h4-5,10H,1-3,6-9H2. The summed E-state index contributed by atoms with van der Waals surface area (Å²) >= 11 is 11.4. The Labute approximate surface area is 118 Å². The molecule has 0 unspecified atom stereocenters. The van der Waals surface area contributed by atoms with Crippen LogP contribution < -0.4 is 0 Å². The third-order valence-corrected chi connectivity index (χ3v) is 3.68. The van der Waals surface area contributed by atoms with E-state index in [1.807, 2.05) is 12.1 Å². The summed E-state index contributed by atoms with van der Waals surface area (Å²) < 4.78 is 0. The van der Waals surface area contributed by atoms with Crippen LogP contribution in [0.4, 0.5) is 0 Å². The summed E-state index contributed by atoms with van der Waals surface area (Å²) in [6.07, 6.45) is 3.42.